The number of nitrogens with zero attached hydrogens (tertiary/aromatic N) is 4. The molecule has 0 fully saturated rings. The van der Waals surface area contributed by atoms with E-state index in [4.69, 9.17) is 9.84 Å². The molecule has 0 saturated heterocycles. The van der Waals surface area contributed by atoms with Crippen LogP contribution in [0, 0.1) is 11.6 Å². The summed E-state index contributed by atoms with van der Waals surface area (Å²) >= 11 is 1.21. The number of thioether (sulfide) groups is 1. The lowest BCUT2D eigenvalue weighted by Gasteiger charge is -2.23. The molecule has 2 amide bonds. The number of carbonyl (C=O) groups is 2. The van der Waals surface area contributed by atoms with Crippen LogP contribution in [0.25, 0.3) is 16.9 Å². The van der Waals surface area contributed by atoms with Crippen molar-refractivity contribution in [3.05, 3.63) is 126 Å². The summed E-state index contributed by atoms with van der Waals surface area (Å²) in [6, 6.07) is 23.5. The summed E-state index contributed by atoms with van der Waals surface area (Å²) in [5.74, 6) is -1.29. The number of hydrogen-bond donors (Lipinski definition) is 1. The Balaban J connectivity index is 1.53. The molecule has 2 aromatic heterocycles. The van der Waals surface area contributed by atoms with E-state index in [1.807, 2.05) is 36.4 Å². The molecule has 1 N–H and O–H groups in total. The summed E-state index contributed by atoms with van der Waals surface area (Å²) in [5.41, 5.74) is 3.39. The van der Waals surface area contributed by atoms with E-state index in [1.165, 1.54) is 28.8 Å². The molecule has 3 heterocycles. The monoisotopic (exact) mass is 611 g/mol. The number of nitrogens with one attached hydrogen (secondary N) is 1. The van der Waals surface area contributed by atoms with Gasteiger partial charge in [-0.25, -0.2) is 13.5 Å². The zero-order valence-electron chi connectivity index (χ0n) is 23.6. The van der Waals surface area contributed by atoms with Crippen molar-refractivity contribution in [2.45, 2.75) is 11.8 Å². The largest absolute Gasteiger partial charge is 0.497 e. The van der Waals surface area contributed by atoms with Gasteiger partial charge in [-0.05, 0) is 42.0 Å². The van der Waals surface area contributed by atoms with Crippen molar-refractivity contribution >= 4 is 29.4 Å². The van der Waals surface area contributed by atoms with E-state index < -0.39 is 22.8 Å². The molecular weight excluding hydrogens is 584 g/mol. The van der Waals surface area contributed by atoms with Crippen molar-refractivity contribution in [2.75, 3.05) is 24.3 Å². The van der Waals surface area contributed by atoms with Crippen molar-refractivity contribution in [1.29, 1.82) is 0 Å². The van der Waals surface area contributed by atoms with Gasteiger partial charge in [0.15, 0.2) is 0 Å². The van der Waals surface area contributed by atoms with Crippen LogP contribution in [0.2, 0.25) is 0 Å². The standard InChI is InChI=1S/C33H27F2N5O3S/c1-43-25-12-10-24(11-13-25)40-33-30(31(38-40)22-7-3-2-4-8-22)32(26-14-9-23(34)16-27(26)35)44-20-29(42)39(33)19-28(41)37-18-21-6-5-15-36-17-21/h2-17,32H,18-20H2,1H3,(H,37,41)/t32-/m1/s1. The van der Waals surface area contributed by atoms with Gasteiger partial charge in [0, 0.05) is 41.7 Å². The summed E-state index contributed by atoms with van der Waals surface area (Å²) in [5, 5.41) is 7.10. The lowest BCUT2D eigenvalue weighted by molar-refractivity contribution is -0.123. The van der Waals surface area contributed by atoms with Crippen molar-refractivity contribution in [1.82, 2.24) is 20.1 Å². The minimum Gasteiger partial charge on any atom is -0.497 e. The highest BCUT2D eigenvalue weighted by Gasteiger charge is 2.38. The Bertz CT molecular complexity index is 1800. The quantitative estimate of drug-likeness (QED) is 0.242. The minimum atomic E-state index is -0.736. The molecule has 1 atom stereocenters. The summed E-state index contributed by atoms with van der Waals surface area (Å²) in [7, 11) is 1.56. The Hall–Kier alpha value is -5.03. The Labute approximate surface area is 256 Å². The van der Waals surface area contributed by atoms with Crippen LogP contribution in [0.15, 0.2) is 97.3 Å². The molecule has 0 spiro atoms. The molecule has 1 aliphatic rings. The average molecular weight is 612 g/mol. The topological polar surface area (TPSA) is 89.3 Å². The highest BCUT2D eigenvalue weighted by Crippen LogP contribution is 2.49. The third-order valence-corrected chi connectivity index (χ3v) is 8.45. The van der Waals surface area contributed by atoms with E-state index in [9.17, 15) is 14.0 Å². The van der Waals surface area contributed by atoms with Gasteiger partial charge in [-0.15, -0.1) is 11.8 Å². The van der Waals surface area contributed by atoms with Crippen LogP contribution >= 0.6 is 11.8 Å². The van der Waals surface area contributed by atoms with E-state index >= 15 is 4.39 Å². The van der Waals surface area contributed by atoms with Crippen LogP contribution in [0.3, 0.4) is 0 Å². The lowest BCUT2D eigenvalue weighted by atomic mass is 9.99. The second kappa shape index (κ2) is 12.7. The average Bonchev–Trinajstić information content (AvgIpc) is 3.38. The number of amides is 2. The fourth-order valence-electron chi connectivity index (χ4n) is 5.09. The number of rotatable bonds is 8. The Morgan fingerprint density at radius 3 is 2.55 bits per heavy atom. The van der Waals surface area contributed by atoms with Gasteiger partial charge in [0.2, 0.25) is 11.8 Å². The van der Waals surface area contributed by atoms with Crippen LogP contribution in [-0.2, 0) is 16.1 Å². The van der Waals surface area contributed by atoms with Crippen LogP contribution < -0.4 is 15.0 Å². The second-order valence-corrected chi connectivity index (χ2v) is 11.1. The molecule has 1 aliphatic heterocycles. The molecule has 44 heavy (non-hydrogen) atoms. The van der Waals surface area contributed by atoms with Crippen LogP contribution in [0.1, 0.15) is 21.9 Å². The maximum absolute atomic E-state index is 15.4. The van der Waals surface area contributed by atoms with Crippen molar-refractivity contribution in [3.8, 4) is 22.7 Å². The predicted octanol–water partition coefficient (Wildman–Crippen LogP) is 5.71. The number of anilines is 1. The first-order chi connectivity index (χ1) is 21.4. The van der Waals surface area contributed by atoms with E-state index in [1.54, 1.807) is 54.5 Å². The number of aromatic nitrogens is 3. The molecule has 0 bridgehead atoms. The number of pyridine rings is 1. The molecule has 0 unspecified atom stereocenters. The van der Waals surface area contributed by atoms with Crippen LogP contribution in [-0.4, -0.2) is 46.0 Å². The Kier molecular flexibility index (Phi) is 8.38. The van der Waals surface area contributed by atoms with Gasteiger partial charge in [0.1, 0.15) is 29.7 Å². The van der Waals surface area contributed by atoms with Gasteiger partial charge in [-0.2, -0.15) is 5.10 Å². The Morgan fingerprint density at radius 1 is 1.05 bits per heavy atom. The molecule has 222 valence electrons. The highest BCUT2D eigenvalue weighted by molar-refractivity contribution is 8.00. The van der Waals surface area contributed by atoms with E-state index in [2.05, 4.69) is 10.3 Å². The molecular formula is C33H27F2N5O3S. The third-order valence-electron chi connectivity index (χ3n) is 7.21. The van der Waals surface area contributed by atoms with E-state index in [-0.39, 0.29) is 30.3 Å². The normalized spacial score (nSPS) is 14.6. The number of fused-ring (bicyclic) bond motifs is 1. The van der Waals surface area contributed by atoms with Gasteiger partial charge in [-0.3, -0.25) is 19.5 Å². The predicted molar refractivity (Wildman–Crippen MR) is 165 cm³/mol. The summed E-state index contributed by atoms with van der Waals surface area (Å²) in [6.45, 7) is -0.0753. The number of ether oxygens (including phenoxy) is 1. The summed E-state index contributed by atoms with van der Waals surface area (Å²) in [4.78, 5) is 32.6. The molecule has 0 saturated carbocycles. The highest BCUT2D eigenvalue weighted by atomic mass is 32.2. The SMILES string of the molecule is COc1ccc(-n2nc(-c3ccccc3)c3c2N(CC(=O)NCc2cccnc2)C(=O)CS[C@@H]3c2ccc(F)cc2F)cc1. The molecule has 5 aromatic rings. The zero-order chi connectivity index (χ0) is 30.6. The van der Waals surface area contributed by atoms with E-state index in [0.29, 0.717) is 28.5 Å². The van der Waals surface area contributed by atoms with Crippen molar-refractivity contribution in [2.24, 2.45) is 0 Å². The molecule has 6 rings (SSSR count). The molecule has 3 aromatic carbocycles. The minimum absolute atomic E-state index is 0.0527. The maximum atomic E-state index is 15.4. The number of methoxy groups -OCH3 is 1. The Morgan fingerprint density at radius 2 is 1.84 bits per heavy atom. The molecule has 11 heteroatoms. The molecule has 0 radical (unpaired) electrons. The number of hydrogen-bond acceptors (Lipinski definition) is 6. The van der Waals surface area contributed by atoms with Crippen LogP contribution in [0.4, 0.5) is 14.6 Å². The molecule has 8 nitrogen and oxygen atoms in total. The fraction of sp³-hybridized carbons (Fsp3) is 0.152. The molecule has 0 aliphatic carbocycles. The zero-order valence-corrected chi connectivity index (χ0v) is 24.4. The smallest absolute Gasteiger partial charge is 0.240 e. The van der Waals surface area contributed by atoms with Gasteiger partial charge in [0.25, 0.3) is 0 Å². The third kappa shape index (κ3) is 5.91. The van der Waals surface area contributed by atoms with Gasteiger partial charge < -0.3 is 10.1 Å². The first-order valence-corrected chi connectivity index (χ1v) is 14.8. The first kappa shape index (κ1) is 29.1. The van der Waals surface area contributed by atoms with E-state index in [0.717, 1.165) is 17.2 Å². The number of benzene rings is 3. The summed E-state index contributed by atoms with van der Waals surface area (Å²) < 4.78 is 36.4. The van der Waals surface area contributed by atoms with Gasteiger partial charge >= 0.3 is 0 Å². The number of halogens is 2. The van der Waals surface area contributed by atoms with Crippen molar-refractivity contribution in [3.63, 3.8) is 0 Å². The fourth-order valence-corrected chi connectivity index (χ4v) is 6.31. The first-order valence-electron chi connectivity index (χ1n) is 13.8. The van der Waals surface area contributed by atoms with Gasteiger partial charge in [0.05, 0.1) is 29.5 Å². The van der Waals surface area contributed by atoms with Gasteiger partial charge in [-0.1, -0.05) is 42.5 Å². The maximum Gasteiger partial charge on any atom is 0.240 e. The number of carbonyl (C=O) groups excluding carboxylic acids is 2. The summed E-state index contributed by atoms with van der Waals surface area (Å²) in [6.07, 6.45) is 3.30. The van der Waals surface area contributed by atoms with Crippen LogP contribution in [0.5, 0.6) is 5.75 Å². The van der Waals surface area contributed by atoms with Crippen molar-refractivity contribution < 1.29 is 23.1 Å². The lowest BCUT2D eigenvalue weighted by Crippen LogP contribution is -2.42. The second-order valence-electron chi connectivity index (χ2n) is 10.0.